The molecule has 0 saturated carbocycles. The fraction of sp³-hybridized carbons (Fsp3) is 0.267. The summed E-state index contributed by atoms with van der Waals surface area (Å²) >= 11 is 0. The van der Waals surface area contributed by atoms with Crippen molar-refractivity contribution in [3.8, 4) is 5.75 Å². The number of benzene rings is 1. The molecule has 0 fully saturated rings. The number of rotatable bonds is 4. The van der Waals surface area contributed by atoms with Crippen molar-refractivity contribution < 1.29 is 19.4 Å². The van der Waals surface area contributed by atoms with E-state index in [1.165, 1.54) is 5.57 Å². The first-order valence-corrected chi connectivity index (χ1v) is 6.04. The molecule has 4 heteroatoms. The first-order valence-electron chi connectivity index (χ1n) is 6.04. The molecule has 0 radical (unpaired) electrons. The number of aliphatic hydroxyl groups is 1. The minimum absolute atomic E-state index is 0.0248. The summed E-state index contributed by atoms with van der Waals surface area (Å²) in [5.74, 6) is 0.201. The highest BCUT2D eigenvalue weighted by Crippen LogP contribution is 2.26. The SMILES string of the molecule is CC(C)=CCOc1ccc(C2=C(O)COC2=O)cc1. The lowest BCUT2D eigenvalue weighted by Crippen LogP contribution is -1.99. The van der Waals surface area contributed by atoms with Gasteiger partial charge in [0.2, 0.25) is 0 Å². The Morgan fingerprint density at radius 3 is 2.58 bits per heavy atom. The standard InChI is InChI=1S/C15H16O4/c1-10(2)7-8-18-12-5-3-11(4-6-12)14-13(16)9-19-15(14)17/h3-7,16H,8-9H2,1-2H3. The van der Waals surface area contributed by atoms with Crippen LogP contribution in [-0.4, -0.2) is 24.3 Å². The van der Waals surface area contributed by atoms with Gasteiger partial charge in [0.25, 0.3) is 0 Å². The fourth-order valence-corrected chi connectivity index (χ4v) is 1.70. The molecule has 0 spiro atoms. The van der Waals surface area contributed by atoms with E-state index in [0.717, 1.165) is 0 Å². The number of aliphatic hydroxyl groups excluding tert-OH is 1. The monoisotopic (exact) mass is 260 g/mol. The molecule has 100 valence electrons. The predicted octanol–water partition coefficient (Wildman–Crippen LogP) is 2.86. The van der Waals surface area contributed by atoms with Crippen molar-refractivity contribution in [2.45, 2.75) is 13.8 Å². The second-order valence-corrected chi connectivity index (χ2v) is 4.51. The summed E-state index contributed by atoms with van der Waals surface area (Å²) < 4.78 is 10.3. The Kier molecular flexibility index (Phi) is 3.90. The summed E-state index contributed by atoms with van der Waals surface area (Å²) in [6.07, 6.45) is 1.98. The first-order chi connectivity index (χ1) is 9.08. The van der Waals surface area contributed by atoms with E-state index in [1.54, 1.807) is 24.3 Å². The van der Waals surface area contributed by atoms with Crippen molar-refractivity contribution in [1.29, 1.82) is 0 Å². The molecule has 0 unspecified atom stereocenters. The van der Waals surface area contributed by atoms with Crippen LogP contribution in [0.4, 0.5) is 0 Å². The molecule has 0 bridgehead atoms. The molecule has 1 aromatic carbocycles. The van der Waals surface area contributed by atoms with Crippen LogP contribution in [0.15, 0.2) is 41.7 Å². The van der Waals surface area contributed by atoms with Crippen molar-refractivity contribution in [3.05, 3.63) is 47.2 Å². The lowest BCUT2D eigenvalue weighted by Gasteiger charge is -2.05. The van der Waals surface area contributed by atoms with Crippen LogP contribution in [0.2, 0.25) is 0 Å². The van der Waals surface area contributed by atoms with Gasteiger partial charge in [-0.15, -0.1) is 0 Å². The van der Waals surface area contributed by atoms with Crippen molar-refractivity contribution in [2.24, 2.45) is 0 Å². The van der Waals surface area contributed by atoms with Gasteiger partial charge in [-0.3, -0.25) is 0 Å². The number of cyclic esters (lactones) is 1. The third kappa shape index (κ3) is 3.16. The van der Waals surface area contributed by atoms with Crippen molar-refractivity contribution >= 4 is 11.5 Å². The molecule has 2 rings (SSSR count). The summed E-state index contributed by atoms with van der Waals surface area (Å²) in [4.78, 5) is 11.4. The molecule has 1 N–H and O–H groups in total. The molecule has 0 saturated heterocycles. The molecule has 1 aliphatic rings. The van der Waals surface area contributed by atoms with Crippen LogP contribution in [-0.2, 0) is 9.53 Å². The van der Waals surface area contributed by atoms with Gasteiger partial charge in [-0.05, 0) is 37.6 Å². The summed E-state index contributed by atoms with van der Waals surface area (Å²) in [6, 6.07) is 6.99. The third-order valence-corrected chi connectivity index (χ3v) is 2.72. The molecule has 1 aliphatic heterocycles. The van der Waals surface area contributed by atoms with Gasteiger partial charge in [0, 0.05) is 0 Å². The summed E-state index contributed by atoms with van der Waals surface area (Å²) in [5, 5.41) is 9.58. The van der Waals surface area contributed by atoms with Crippen LogP contribution in [0, 0.1) is 0 Å². The van der Waals surface area contributed by atoms with E-state index < -0.39 is 5.97 Å². The first kappa shape index (κ1) is 13.2. The van der Waals surface area contributed by atoms with Crippen LogP contribution in [0.25, 0.3) is 5.57 Å². The molecule has 0 aromatic heterocycles. The van der Waals surface area contributed by atoms with Crippen molar-refractivity contribution in [2.75, 3.05) is 13.2 Å². The average Bonchev–Trinajstić information content (AvgIpc) is 2.70. The number of allylic oxidation sites excluding steroid dienone is 1. The summed E-state index contributed by atoms with van der Waals surface area (Å²) in [6.45, 7) is 4.48. The number of esters is 1. The van der Waals surface area contributed by atoms with Gasteiger partial charge in [0.15, 0.2) is 0 Å². The number of ether oxygens (including phenoxy) is 2. The van der Waals surface area contributed by atoms with E-state index >= 15 is 0 Å². The van der Waals surface area contributed by atoms with Gasteiger partial charge in [0.1, 0.15) is 30.3 Å². The molecule has 4 nitrogen and oxygen atoms in total. The predicted molar refractivity (Wildman–Crippen MR) is 71.9 cm³/mol. The van der Waals surface area contributed by atoms with Gasteiger partial charge >= 0.3 is 5.97 Å². The second-order valence-electron chi connectivity index (χ2n) is 4.51. The molecule has 1 aromatic rings. The van der Waals surface area contributed by atoms with Gasteiger partial charge < -0.3 is 14.6 Å². The van der Waals surface area contributed by atoms with Crippen LogP contribution >= 0.6 is 0 Å². The maximum absolute atomic E-state index is 11.4. The Bertz CT molecular complexity index is 534. The van der Waals surface area contributed by atoms with E-state index in [1.807, 2.05) is 19.9 Å². The van der Waals surface area contributed by atoms with Gasteiger partial charge in [-0.25, -0.2) is 4.79 Å². The van der Waals surface area contributed by atoms with Crippen LogP contribution < -0.4 is 4.74 Å². The number of hydrogen-bond donors (Lipinski definition) is 1. The molecular formula is C15H16O4. The van der Waals surface area contributed by atoms with E-state index in [2.05, 4.69) is 0 Å². The highest BCUT2D eigenvalue weighted by atomic mass is 16.5. The van der Waals surface area contributed by atoms with E-state index in [-0.39, 0.29) is 17.9 Å². The third-order valence-electron chi connectivity index (χ3n) is 2.72. The Balaban J connectivity index is 2.09. The molecule has 0 amide bonds. The van der Waals surface area contributed by atoms with Gasteiger partial charge in [0.05, 0.1) is 0 Å². The minimum Gasteiger partial charge on any atom is -0.508 e. The van der Waals surface area contributed by atoms with Gasteiger partial charge in [-0.2, -0.15) is 0 Å². The second kappa shape index (κ2) is 5.61. The highest BCUT2D eigenvalue weighted by Gasteiger charge is 2.25. The number of carbonyl (C=O) groups excluding carboxylic acids is 1. The summed E-state index contributed by atoms with van der Waals surface area (Å²) in [5.41, 5.74) is 2.06. The van der Waals surface area contributed by atoms with E-state index in [0.29, 0.717) is 17.9 Å². The zero-order chi connectivity index (χ0) is 13.8. The minimum atomic E-state index is -0.490. The van der Waals surface area contributed by atoms with Gasteiger partial charge in [-0.1, -0.05) is 17.7 Å². The maximum Gasteiger partial charge on any atom is 0.342 e. The topological polar surface area (TPSA) is 55.8 Å². The van der Waals surface area contributed by atoms with Crippen LogP contribution in [0.5, 0.6) is 5.75 Å². The lowest BCUT2D eigenvalue weighted by molar-refractivity contribution is -0.134. The molecule has 19 heavy (non-hydrogen) atoms. The molecular weight excluding hydrogens is 244 g/mol. The van der Waals surface area contributed by atoms with E-state index in [4.69, 9.17) is 9.47 Å². The quantitative estimate of drug-likeness (QED) is 0.668. The fourth-order valence-electron chi connectivity index (χ4n) is 1.70. The van der Waals surface area contributed by atoms with Crippen LogP contribution in [0.3, 0.4) is 0 Å². The largest absolute Gasteiger partial charge is 0.508 e. The zero-order valence-corrected chi connectivity index (χ0v) is 11.0. The Morgan fingerprint density at radius 2 is 2.05 bits per heavy atom. The molecule has 0 atom stereocenters. The van der Waals surface area contributed by atoms with Crippen molar-refractivity contribution in [1.82, 2.24) is 0 Å². The zero-order valence-electron chi connectivity index (χ0n) is 11.0. The summed E-state index contributed by atoms with van der Waals surface area (Å²) in [7, 11) is 0. The smallest absolute Gasteiger partial charge is 0.342 e. The normalized spacial score (nSPS) is 14.3. The van der Waals surface area contributed by atoms with Crippen LogP contribution in [0.1, 0.15) is 19.4 Å². The number of carbonyl (C=O) groups is 1. The Labute approximate surface area is 112 Å². The Morgan fingerprint density at radius 1 is 1.37 bits per heavy atom. The molecule has 1 heterocycles. The average molecular weight is 260 g/mol. The Hall–Kier alpha value is -2.23. The molecule has 0 aliphatic carbocycles. The van der Waals surface area contributed by atoms with Crippen molar-refractivity contribution in [3.63, 3.8) is 0 Å². The number of hydrogen-bond acceptors (Lipinski definition) is 4. The maximum atomic E-state index is 11.4. The highest BCUT2D eigenvalue weighted by molar-refractivity contribution is 6.18. The lowest BCUT2D eigenvalue weighted by atomic mass is 10.1. The van der Waals surface area contributed by atoms with E-state index in [9.17, 15) is 9.90 Å².